The summed E-state index contributed by atoms with van der Waals surface area (Å²) in [5.74, 6) is 2.68. The zero-order valence-electron chi connectivity index (χ0n) is 14.6. The van der Waals surface area contributed by atoms with Crippen molar-refractivity contribution in [2.45, 2.75) is 24.1 Å². The van der Waals surface area contributed by atoms with Crippen LogP contribution in [0.2, 0.25) is 0 Å². The van der Waals surface area contributed by atoms with E-state index in [9.17, 15) is 4.79 Å². The van der Waals surface area contributed by atoms with Crippen molar-refractivity contribution in [3.63, 3.8) is 0 Å². The summed E-state index contributed by atoms with van der Waals surface area (Å²) in [4.78, 5) is 16.7. The van der Waals surface area contributed by atoms with Crippen LogP contribution in [0.5, 0.6) is 11.5 Å². The van der Waals surface area contributed by atoms with E-state index in [1.54, 1.807) is 6.07 Å². The summed E-state index contributed by atoms with van der Waals surface area (Å²) in [5, 5.41) is 10.5. The molecule has 1 aliphatic rings. The largest absolute Gasteiger partial charge is 0.449 e. The summed E-state index contributed by atoms with van der Waals surface area (Å²) < 4.78 is 11.3. The van der Waals surface area contributed by atoms with Gasteiger partial charge in [-0.1, -0.05) is 36.0 Å². The van der Waals surface area contributed by atoms with Crippen LogP contribution in [-0.2, 0) is 5.75 Å². The van der Waals surface area contributed by atoms with Crippen molar-refractivity contribution in [2.75, 3.05) is 6.54 Å². The zero-order valence-corrected chi connectivity index (χ0v) is 15.5. The molecule has 0 radical (unpaired) electrons. The predicted molar refractivity (Wildman–Crippen MR) is 101 cm³/mol. The van der Waals surface area contributed by atoms with Gasteiger partial charge in [-0.2, -0.15) is 0 Å². The molecule has 2 N–H and O–H groups in total. The van der Waals surface area contributed by atoms with Gasteiger partial charge >= 0.3 is 0 Å². The van der Waals surface area contributed by atoms with Crippen molar-refractivity contribution in [2.24, 2.45) is 0 Å². The van der Waals surface area contributed by atoms with E-state index >= 15 is 0 Å². The highest BCUT2D eigenvalue weighted by Gasteiger charge is 2.24. The quantitative estimate of drug-likeness (QED) is 0.637. The third kappa shape index (κ3) is 4.22. The number of amides is 1. The number of aromatic amines is 1. The number of carbonyl (C=O) groups excluding carboxylic acids is 1. The van der Waals surface area contributed by atoms with Crippen molar-refractivity contribution in [3.05, 3.63) is 65.5 Å². The van der Waals surface area contributed by atoms with Crippen molar-refractivity contribution in [1.29, 1.82) is 0 Å². The van der Waals surface area contributed by atoms with Crippen LogP contribution < -0.4 is 14.8 Å². The van der Waals surface area contributed by atoms with Crippen LogP contribution in [0.3, 0.4) is 0 Å². The number of hydrogen-bond donors (Lipinski definition) is 2. The molecule has 1 amide bonds. The normalized spacial score (nSPS) is 12.9. The summed E-state index contributed by atoms with van der Waals surface area (Å²) in [6.07, 6.45) is -0.515. The topological polar surface area (TPSA) is 89.1 Å². The van der Waals surface area contributed by atoms with Crippen LogP contribution >= 0.6 is 11.8 Å². The van der Waals surface area contributed by atoms with E-state index < -0.39 is 6.29 Å². The predicted octanol–water partition coefficient (Wildman–Crippen LogP) is 2.93. The number of nitrogens with zero attached hydrogens (tertiary/aromatic N) is 2. The van der Waals surface area contributed by atoms with Crippen LogP contribution in [-0.4, -0.2) is 33.9 Å². The third-order valence-corrected chi connectivity index (χ3v) is 4.85. The fourth-order valence-corrected chi connectivity index (χ4v) is 3.44. The fourth-order valence-electron chi connectivity index (χ4n) is 2.65. The van der Waals surface area contributed by atoms with Gasteiger partial charge in [0.1, 0.15) is 5.82 Å². The highest BCUT2D eigenvalue weighted by molar-refractivity contribution is 7.98. The molecule has 0 aliphatic carbocycles. The molecule has 2 aromatic carbocycles. The molecule has 7 nitrogen and oxygen atoms in total. The van der Waals surface area contributed by atoms with Crippen molar-refractivity contribution in [1.82, 2.24) is 20.5 Å². The second kappa shape index (κ2) is 7.71. The molecule has 0 saturated carbocycles. The number of nitrogens with one attached hydrogen (secondary N) is 2. The first kappa shape index (κ1) is 17.4. The van der Waals surface area contributed by atoms with Crippen LogP contribution in [0.4, 0.5) is 0 Å². The number of fused-ring (bicyclic) bond motifs is 1. The Morgan fingerprint density at radius 1 is 1.19 bits per heavy atom. The maximum Gasteiger partial charge on any atom is 0.258 e. The Balaban J connectivity index is 1.31. The molecule has 0 unspecified atom stereocenters. The molecular weight excluding hydrogens is 364 g/mol. The number of hydrogen-bond acceptors (Lipinski definition) is 6. The van der Waals surface area contributed by atoms with Crippen molar-refractivity contribution >= 4 is 17.7 Å². The lowest BCUT2D eigenvalue weighted by molar-refractivity contribution is 0.0471. The van der Waals surface area contributed by atoms with Gasteiger partial charge in [-0.25, -0.2) is 4.98 Å². The lowest BCUT2D eigenvalue weighted by Gasteiger charge is -2.12. The standard InChI is InChI=1S/C19H18N4O3S/c1-12-21-19(23-22-12)27-11-13-5-4-6-14(9-13)18(24)20-10-17-25-15-7-2-3-8-16(15)26-17/h2-9,17H,10-11H2,1H3,(H,20,24)(H,21,22,23). The Labute approximate surface area is 160 Å². The van der Waals surface area contributed by atoms with E-state index in [4.69, 9.17) is 9.47 Å². The summed E-state index contributed by atoms with van der Waals surface area (Å²) in [6.45, 7) is 2.13. The summed E-state index contributed by atoms with van der Waals surface area (Å²) >= 11 is 1.52. The first-order valence-corrected chi connectivity index (χ1v) is 9.47. The summed E-state index contributed by atoms with van der Waals surface area (Å²) in [7, 11) is 0. The number of benzene rings is 2. The van der Waals surface area contributed by atoms with Gasteiger partial charge in [-0.05, 0) is 36.8 Å². The van der Waals surface area contributed by atoms with E-state index in [-0.39, 0.29) is 12.5 Å². The van der Waals surface area contributed by atoms with E-state index in [0.717, 1.165) is 11.4 Å². The van der Waals surface area contributed by atoms with Gasteiger partial charge in [0.05, 0.1) is 6.54 Å². The fraction of sp³-hybridized carbons (Fsp3) is 0.211. The molecule has 3 aromatic rings. The van der Waals surface area contributed by atoms with E-state index in [1.165, 1.54) is 11.8 Å². The van der Waals surface area contributed by atoms with Gasteiger partial charge in [-0.15, -0.1) is 5.10 Å². The SMILES string of the molecule is Cc1nc(SCc2cccc(C(=O)NCC3Oc4ccccc4O3)c2)n[nH]1. The minimum absolute atomic E-state index is 0.168. The van der Waals surface area contributed by atoms with E-state index in [0.29, 0.717) is 28.0 Å². The number of thioether (sulfide) groups is 1. The Bertz CT molecular complexity index is 934. The molecular formula is C19H18N4O3S. The molecule has 2 heterocycles. The Morgan fingerprint density at radius 2 is 1.96 bits per heavy atom. The second-order valence-electron chi connectivity index (χ2n) is 6.01. The second-order valence-corrected chi connectivity index (χ2v) is 6.96. The first-order chi connectivity index (χ1) is 13.2. The lowest BCUT2D eigenvalue weighted by atomic mass is 10.1. The first-order valence-electron chi connectivity index (χ1n) is 8.49. The van der Waals surface area contributed by atoms with Gasteiger partial charge in [0.2, 0.25) is 5.16 Å². The minimum Gasteiger partial charge on any atom is -0.449 e. The summed E-state index contributed by atoms with van der Waals surface area (Å²) in [5.41, 5.74) is 1.62. The molecule has 0 saturated heterocycles. The molecule has 1 aliphatic heterocycles. The molecule has 8 heteroatoms. The van der Waals surface area contributed by atoms with E-state index in [2.05, 4.69) is 20.5 Å². The lowest BCUT2D eigenvalue weighted by Crippen LogP contribution is -2.36. The van der Waals surface area contributed by atoms with Crippen LogP contribution in [0.1, 0.15) is 21.7 Å². The average Bonchev–Trinajstić information content (AvgIpc) is 3.30. The van der Waals surface area contributed by atoms with E-state index in [1.807, 2.05) is 49.4 Å². The number of H-pyrrole nitrogens is 1. The molecule has 0 atom stereocenters. The molecule has 138 valence electrons. The van der Waals surface area contributed by atoms with Crippen LogP contribution in [0.15, 0.2) is 53.7 Å². The molecule has 0 fully saturated rings. The van der Waals surface area contributed by atoms with Gasteiger partial charge in [-0.3, -0.25) is 9.89 Å². The van der Waals surface area contributed by atoms with Gasteiger partial charge in [0, 0.05) is 11.3 Å². The zero-order chi connectivity index (χ0) is 18.6. The Hall–Kier alpha value is -3.00. The van der Waals surface area contributed by atoms with Crippen LogP contribution in [0, 0.1) is 6.92 Å². The Kier molecular flexibility index (Phi) is 4.97. The number of aromatic nitrogens is 3. The van der Waals surface area contributed by atoms with Crippen molar-refractivity contribution in [3.8, 4) is 11.5 Å². The molecule has 0 spiro atoms. The van der Waals surface area contributed by atoms with Crippen LogP contribution in [0.25, 0.3) is 0 Å². The maximum atomic E-state index is 12.4. The number of aryl methyl sites for hydroxylation is 1. The molecule has 27 heavy (non-hydrogen) atoms. The maximum absolute atomic E-state index is 12.4. The van der Waals surface area contributed by atoms with Crippen molar-refractivity contribution < 1.29 is 14.3 Å². The number of ether oxygens (including phenoxy) is 2. The van der Waals surface area contributed by atoms with Gasteiger partial charge < -0.3 is 14.8 Å². The number of para-hydroxylation sites is 2. The minimum atomic E-state index is -0.515. The summed E-state index contributed by atoms with van der Waals surface area (Å²) in [6, 6.07) is 14.9. The Morgan fingerprint density at radius 3 is 2.67 bits per heavy atom. The third-order valence-electron chi connectivity index (χ3n) is 3.93. The van der Waals surface area contributed by atoms with Gasteiger partial charge in [0.25, 0.3) is 12.2 Å². The monoisotopic (exact) mass is 382 g/mol. The molecule has 4 rings (SSSR count). The highest BCUT2D eigenvalue weighted by Crippen LogP contribution is 2.33. The molecule has 1 aromatic heterocycles. The molecule has 0 bridgehead atoms. The smallest absolute Gasteiger partial charge is 0.258 e. The number of rotatable bonds is 6. The highest BCUT2D eigenvalue weighted by atomic mass is 32.2. The van der Waals surface area contributed by atoms with Gasteiger partial charge in [0.15, 0.2) is 11.5 Å². The average molecular weight is 382 g/mol. The number of carbonyl (C=O) groups is 1.